The molecule has 0 unspecified atom stereocenters. The molecular weight excluding hydrogens is 338 g/mol. The van der Waals surface area contributed by atoms with Gasteiger partial charge in [0.15, 0.2) is 5.58 Å². The van der Waals surface area contributed by atoms with Crippen molar-refractivity contribution in [2.24, 2.45) is 5.92 Å². The zero-order valence-corrected chi connectivity index (χ0v) is 14.7. The first-order valence-electron chi connectivity index (χ1n) is 7.56. The SMILES string of the molecule is CNCC1CCN(S(=O)(=O)Cc2noc3ccccc23)CC1.Cl. The van der Waals surface area contributed by atoms with Crippen LogP contribution in [0.4, 0.5) is 0 Å². The Balaban J connectivity index is 0.00000192. The number of hydrogen-bond donors (Lipinski definition) is 1. The summed E-state index contributed by atoms with van der Waals surface area (Å²) in [5, 5.41) is 7.86. The van der Waals surface area contributed by atoms with Crippen LogP contribution in [0, 0.1) is 5.92 Å². The van der Waals surface area contributed by atoms with Crippen LogP contribution < -0.4 is 5.32 Å². The van der Waals surface area contributed by atoms with Crippen molar-refractivity contribution in [3.05, 3.63) is 30.0 Å². The Bertz CT molecular complexity index is 739. The molecule has 0 bridgehead atoms. The topological polar surface area (TPSA) is 75.4 Å². The van der Waals surface area contributed by atoms with Crippen LogP contribution in [0.15, 0.2) is 28.8 Å². The monoisotopic (exact) mass is 359 g/mol. The standard InChI is InChI=1S/C15H21N3O3S.ClH/c1-16-10-12-6-8-18(9-7-12)22(19,20)11-14-13-4-2-3-5-15(13)21-17-14;/h2-5,12,16H,6-11H2,1H3;1H. The predicted octanol–water partition coefficient (Wildman–Crippen LogP) is 2.01. The molecule has 2 aromatic rings. The van der Waals surface area contributed by atoms with E-state index in [0.717, 1.165) is 24.8 Å². The van der Waals surface area contributed by atoms with Gasteiger partial charge in [-0.1, -0.05) is 17.3 Å². The fourth-order valence-electron chi connectivity index (χ4n) is 2.99. The van der Waals surface area contributed by atoms with E-state index in [4.69, 9.17) is 4.52 Å². The van der Waals surface area contributed by atoms with Gasteiger partial charge in [0, 0.05) is 18.5 Å². The highest BCUT2D eigenvalue weighted by atomic mass is 35.5. The lowest BCUT2D eigenvalue weighted by atomic mass is 9.98. The molecule has 1 aliphatic rings. The van der Waals surface area contributed by atoms with Crippen LogP contribution in [-0.4, -0.2) is 44.6 Å². The maximum absolute atomic E-state index is 12.6. The van der Waals surface area contributed by atoms with Gasteiger partial charge >= 0.3 is 0 Å². The molecule has 1 fully saturated rings. The highest BCUT2D eigenvalue weighted by Gasteiger charge is 2.29. The van der Waals surface area contributed by atoms with Crippen LogP contribution in [0.5, 0.6) is 0 Å². The molecule has 23 heavy (non-hydrogen) atoms. The number of aromatic nitrogens is 1. The van der Waals surface area contributed by atoms with Gasteiger partial charge in [0.05, 0.1) is 0 Å². The second kappa shape index (κ2) is 7.61. The average Bonchev–Trinajstić information content (AvgIpc) is 2.91. The van der Waals surface area contributed by atoms with Gasteiger partial charge in [0.1, 0.15) is 11.4 Å². The van der Waals surface area contributed by atoms with Crippen LogP contribution in [0.3, 0.4) is 0 Å². The number of rotatable bonds is 5. The molecule has 0 radical (unpaired) electrons. The van der Waals surface area contributed by atoms with Crippen molar-refractivity contribution in [2.75, 3.05) is 26.7 Å². The summed E-state index contributed by atoms with van der Waals surface area (Å²) in [6.45, 7) is 2.12. The number of sulfonamides is 1. The highest BCUT2D eigenvalue weighted by Crippen LogP contribution is 2.24. The molecule has 1 aromatic carbocycles. The fraction of sp³-hybridized carbons (Fsp3) is 0.533. The molecule has 128 valence electrons. The first-order valence-corrected chi connectivity index (χ1v) is 9.17. The highest BCUT2D eigenvalue weighted by molar-refractivity contribution is 7.88. The quantitative estimate of drug-likeness (QED) is 0.883. The first-order chi connectivity index (χ1) is 10.6. The van der Waals surface area contributed by atoms with Crippen molar-refractivity contribution in [2.45, 2.75) is 18.6 Å². The molecule has 8 heteroatoms. The molecule has 0 spiro atoms. The van der Waals surface area contributed by atoms with Crippen molar-refractivity contribution in [3.8, 4) is 0 Å². The third-order valence-electron chi connectivity index (χ3n) is 4.23. The zero-order valence-electron chi connectivity index (χ0n) is 13.1. The summed E-state index contributed by atoms with van der Waals surface area (Å²) < 4.78 is 32.0. The molecule has 1 aliphatic heterocycles. The molecule has 0 amide bonds. The number of nitrogens with one attached hydrogen (secondary N) is 1. The van der Waals surface area contributed by atoms with Gasteiger partial charge in [-0.3, -0.25) is 0 Å². The van der Waals surface area contributed by atoms with Crippen molar-refractivity contribution in [1.82, 2.24) is 14.8 Å². The van der Waals surface area contributed by atoms with Crippen LogP contribution in [0.2, 0.25) is 0 Å². The average molecular weight is 360 g/mol. The third-order valence-corrected chi connectivity index (χ3v) is 6.02. The summed E-state index contributed by atoms with van der Waals surface area (Å²) in [5.41, 5.74) is 1.12. The second-order valence-electron chi connectivity index (χ2n) is 5.78. The molecule has 1 N–H and O–H groups in total. The third kappa shape index (κ3) is 4.03. The van der Waals surface area contributed by atoms with E-state index in [-0.39, 0.29) is 18.2 Å². The Morgan fingerprint density at radius 1 is 1.30 bits per heavy atom. The number of halogens is 1. The number of piperidine rings is 1. The van der Waals surface area contributed by atoms with Gasteiger partial charge in [-0.2, -0.15) is 0 Å². The zero-order chi connectivity index (χ0) is 15.6. The normalized spacial score (nSPS) is 17.3. The number of para-hydroxylation sites is 1. The van der Waals surface area contributed by atoms with E-state index in [0.29, 0.717) is 30.3 Å². The summed E-state index contributed by atoms with van der Waals surface area (Å²) in [5.74, 6) is 0.463. The number of benzene rings is 1. The Kier molecular flexibility index (Phi) is 6.02. The van der Waals surface area contributed by atoms with E-state index >= 15 is 0 Å². The Labute approximate surface area is 142 Å². The molecule has 1 saturated heterocycles. The van der Waals surface area contributed by atoms with Gasteiger partial charge in [-0.15, -0.1) is 12.4 Å². The molecular formula is C15H22ClN3O3S. The fourth-order valence-corrected chi connectivity index (χ4v) is 4.49. The number of hydrogen-bond acceptors (Lipinski definition) is 5. The Hall–Kier alpha value is -1.15. The van der Waals surface area contributed by atoms with Crippen LogP contribution in [-0.2, 0) is 15.8 Å². The Morgan fingerprint density at radius 3 is 2.70 bits per heavy atom. The van der Waals surface area contributed by atoms with E-state index in [2.05, 4.69) is 10.5 Å². The van der Waals surface area contributed by atoms with Crippen molar-refractivity contribution >= 4 is 33.4 Å². The number of nitrogens with zero attached hydrogens (tertiary/aromatic N) is 2. The van der Waals surface area contributed by atoms with Gasteiger partial charge in [0.2, 0.25) is 10.0 Å². The van der Waals surface area contributed by atoms with E-state index in [1.54, 1.807) is 10.4 Å². The van der Waals surface area contributed by atoms with Crippen LogP contribution in [0.25, 0.3) is 11.0 Å². The second-order valence-corrected chi connectivity index (χ2v) is 7.75. The van der Waals surface area contributed by atoms with Crippen molar-refractivity contribution in [3.63, 3.8) is 0 Å². The van der Waals surface area contributed by atoms with Gasteiger partial charge in [-0.05, 0) is 44.5 Å². The van der Waals surface area contributed by atoms with Crippen molar-refractivity contribution < 1.29 is 12.9 Å². The lowest BCUT2D eigenvalue weighted by Gasteiger charge is -2.30. The van der Waals surface area contributed by atoms with E-state index < -0.39 is 10.0 Å². The van der Waals surface area contributed by atoms with Gasteiger partial charge in [-0.25, -0.2) is 12.7 Å². The Morgan fingerprint density at radius 2 is 2.00 bits per heavy atom. The minimum Gasteiger partial charge on any atom is -0.356 e. The lowest BCUT2D eigenvalue weighted by molar-refractivity contribution is 0.270. The maximum atomic E-state index is 12.6. The largest absolute Gasteiger partial charge is 0.356 e. The summed E-state index contributed by atoms with van der Waals surface area (Å²) in [6.07, 6.45) is 1.80. The van der Waals surface area contributed by atoms with E-state index in [9.17, 15) is 8.42 Å². The maximum Gasteiger partial charge on any atom is 0.220 e. The first kappa shape index (κ1) is 18.2. The van der Waals surface area contributed by atoms with Crippen LogP contribution in [0.1, 0.15) is 18.5 Å². The summed E-state index contributed by atoms with van der Waals surface area (Å²) in [4.78, 5) is 0. The molecule has 0 saturated carbocycles. The molecule has 1 aromatic heterocycles. The van der Waals surface area contributed by atoms with Gasteiger partial charge < -0.3 is 9.84 Å². The van der Waals surface area contributed by atoms with Crippen molar-refractivity contribution in [1.29, 1.82) is 0 Å². The lowest BCUT2D eigenvalue weighted by Crippen LogP contribution is -2.40. The summed E-state index contributed by atoms with van der Waals surface area (Å²) in [7, 11) is -1.42. The van der Waals surface area contributed by atoms with Gasteiger partial charge in [0.25, 0.3) is 0 Å². The number of fused-ring (bicyclic) bond motifs is 1. The molecule has 6 nitrogen and oxygen atoms in total. The molecule has 0 aliphatic carbocycles. The molecule has 0 atom stereocenters. The van der Waals surface area contributed by atoms with E-state index in [1.807, 2.05) is 25.2 Å². The van der Waals surface area contributed by atoms with Crippen LogP contribution >= 0.6 is 12.4 Å². The molecule has 2 heterocycles. The molecule has 3 rings (SSSR count). The smallest absolute Gasteiger partial charge is 0.220 e. The minimum absolute atomic E-state index is 0. The summed E-state index contributed by atoms with van der Waals surface area (Å²) >= 11 is 0. The van der Waals surface area contributed by atoms with E-state index in [1.165, 1.54) is 0 Å². The minimum atomic E-state index is -3.35. The predicted molar refractivity (Wildman–Crippen MR) is 92.1 cm³/mol. The summed E-state index contributed by atoms with van der Waals surface area (Å²) in [6, 6.07) is 7.34.